The second-order valence-electron chi connectivity index (χ2n) is 6.36. The van der Waals surface area contributed by atoms with Crippen LogP contribution < -0.4 is 4.72 Å². The molecular formula is C15H31NO3S. The summed E-state index contributed by atoms with van der Waals surface area (Å²) in [7, 11) is -2.25. The van der Waals surface area contributed by atoms with Gasteiger partial charge in [0.25, 0.3) is 0 Å². The van der Waals surface area contributed by atoms with Gasteiger partial charge in [-0.25, -0.2) is 4.72 Å². The molecule has 0 bridgehead atoms. The monoisotopic (exact) mass is 305 g/mol. The third-order valence-corrected chi connectivity index (χ3v) is 6.39. The van der Waals surface area contributed by atoms with E-state index in [1.165, 1.54) is 0 Å². The minimum absolute atomic E-state index is 0.118. The zero-order valence-corrected chi connectivity index (χ0v) is 14.0. The van der Waals surface area contributed by atoms with Crippen molar-refractivity contribution < 1.29 is 14.1 Å². The van der Waals surface area contributed by atoms with Crippen molar-refractivity contribution in [3.63, 3.8) is 0 Å². The summed E-state index contributed by atoms with van der Waals surface area (Å²) < 4.78 is 21.0. The number of nitrogens with one attached hydrogen (secondary N) is 1. The first-order valence-corrected chi connectivity index (χ1v) is 9.47. The van der Waals surface area contributed by atoms with Crippen LogP contribution in [0.15, 0.2) is 0 Å². The average molecular weight is 305 g/mol. The molecule has 0 spiro atoms. The first-order valence-electron chi connectivity index (χ1n) is 7.68. The van der Waals surface area contributed by atoms with E-state index in [2.05, 4.69) is 17.5 Å². The summed E-state index contributed by atoms with van der Waals surface area (Å²) in [6.07, 6.45) is 4.60. The summed E-state index contributed by atoms with van der Waals surface area (Å²) >= 11 is 0. The normalized spacial score (nSPS) is 27.2. The Hall–Kier alpha value is -0.100. The van der Waals surface area contributed by atoms with Gasteiger partial charge in [-0.15, -0.1) is 0 Å². The van der Waals surface area contributed by atoms with Gasteiger partial charge in [0.15, 0.2) is 0 Å². The molecule has 0 saturated heterocycles. The van der Waals surface area contributed by atoms with Crippen LogP contribution in [0, 0.1) is 5.92 Å². The molecule has 1 rings (SSSR count). The second-order valence-corrected chi connectivity index (χ2v) is 8.77. The van der Waals surface area contributed by atoms with Crippen molar-refractivity contribution in [2.45, 2.75) is 63.7 Å². The third-order valence-electron chi connectivity index (χ3n) is 4.15. The van der Waals surface area contributed by atoms with E-state index in [4.69, 9.17) is 4.74 Å². The first-order chi connectivity index (χ1) is 9.27. The van der Waals surface area contributed by atoms with Crippen LogP contribution in [0.1, 0.15) is 52.9 Å². The molecule has 4 nitrogen and oxygen atoms in total. The molecule has 1 aliphatic rings. The van der Waals surface area contributed by atoms with E-state index in [1.54, 1.807) is 0 Å². The molecule has 1 saturated carbocycles. The van der Waals surface area contributed by atoms with Gasteiger partial charge < -0.3 is 9.84 Å². The fourth-order valence-corrected chi connectivity index (χ4v) is 4.50. The van der Waals surface area contributed by atoms with Gasteiger partial charge in [0.2, 0.25) is 0 Å². The van der Waals surface area contributed by atoms with E-state index in [1.807, 2.05) is 13.8 Å². The van der Waals surface area contributed by atoms with Gasteiger partial charge in [0.05, 0.1) is 12.2 Å². The van der Waals surface area contributed by atoms with Gasteiger partial charge in [0, 0.05) is 28.1 Å². The molecule has 2 N–H and O–H groups in total. The second kappa shape index (κ2) is 7.78. The van der Waals surface area contributed by atoms with Crippen LogP contribution in [0.3, 0.4) is 0 Å². The Morgan fingerprint density at radius 2 is 1.90 bits per heavy atom. The van der Waals surface area contributed by atoms with Gasteiger partial charge in [-0.05, 0) is 57.7 Å². The lowest BCUT2D eigenvalue weighted by molar-refractivity contribution is 0.00133. The van der Waals surface area contributed by atoms with Crippen LogP contribution in [0.25, 0.3) is 0 Å². The summed E-state index contributed by atoms with van der Waals surface area (Å²) in [5.41, 5.74) is -0.631. The third kappa shape index (κ3) is 5.72. The van der Waals surface area contributed by atoms with Gasteiger partial charge >= 0.3 is 0 Å². The van der Waals surface area contributed by atoms with E-state index < -0.39 is 15.3 Å². The van der Waals surface area contributed by atoms with Crippen LogP contribution in [0.5, 0.6) is 0 Å². The van der Waals surface area contributed by atoms with E-state index in [9.17, 15) is 9.32 Å². The number of ether oxygens (including phenoxy) is 1. The van der Waals surface area contributed by atoms with Gasteiger partial charge in [-0.1, -0.05) is 6.92 Å². The highest BCUT2D eigenvalue weighted by atomic mass is 32.2. The predicted molar refractivity (Wildman–Crippen MR) is 86.4 cm³/mol. The Morgan fingerprint density at radius 1 is 1.30 bits per heavy atom. The molecule has 0 aromatic rings. The highest BCUT2D eigenvalue weighted by Gasteiger charge is 2.33. The van der Waals surface area contributed by atoms with Crippen molar-refractivity contribution in [3.8, 4) is 0 Å². The van der Waals surface area contributed by atoms with Gasteiger partial charge in [0.1, 0.15) is 0 Å². The minimum atomic E-state index is -2.25. The molecule has 0 amide bonds. The zero-order valence-electron chi connectivity index (χ0n) is 13.2. The number of hydrogen-bond donors (Lipinski definition) is 2. The van der Waals surface area contributed by atoms with Crippen molar-refractivity contribution in [1.29, 1.82) is 0 Å². The maximum absolute atomic E-state index is 12.6. The average Bonchev–Trinajstić information content (AvgIpc) is 2.37. The van der Waals surface area contributed by atoms with E-state index >= 15 is 0 Å². The predicted octanol–water partition coefficient (Wildman–Crippen LogP) is 1.96. The van der Waals surface area contributed by atoms with Crippen molar-refractivity contribution in [3.05, 3.63) is 0 Å². The zero-order chi connectivity index (χ0) is 15.2. The highest BCUT2D eigenvalue weighted by molar-refractivity contribution is 7.99. The van der Waals surface area contributed by atoms with Crippen molar-refractivity contribution in [2.75, 3.05) is 19.8 Å². The number of hydrogen-bond acceptors (Lipinski definition) is 3. The summed E-state index contributed by atoms with van der Waals surface area (Å²) in [5, 5.41) is 10.2. The van der Waals surface area contributed by atoms with Crippen LogP contribution in [0.4, 0.5) is 0 Å². The van der Waals surface area contributed by atoms with Crippen LogP contribution >= 0.6 is 0 Å². The summed E-state index contributed by atoms with van der Waals surface area (Å²) in [6, 6.07) is 0. The maximum atomic E-state index is 12.6. The molecule has 1 unspecified atom stereocenters. The Labute approximate surface area is 124 Å². The number of aliphatic hydroxyl groups is 1. The molecule has 5 heteroatoms. The largest absolute Gasteiger partial charge is 0.390 e. The van der Waals surface area contributed by atoms with Crippen LogP contribution in [0.2, 0.25) is 0 Å². The summed E-state index contributed by atoms with van der Waals surface area (Å²) in [5.74, 6) is 4.20. The van der Waals surface area contributed by atoms with Crippen molar-refractivity contribution >= 4 is 15.6 Å². The van der Waals surface area contributed by atoms with Gasteiger partial charge in [-0.2, -0.15) is 0 Å². The summed E-state index contributed by atoms with van der Waals surface area (Å²) in [4.78, 5) is 0. The smallest absolute Gasteiger partial charge is 0.0619 e. The molecule has 0 aliphatic heterocycles. The van der Waals surface area contributed by atoms with E-state index in [0.717, 1.165) is 38.7 Å². The lowest BCUT2D eigenvalue weighted by atomic mass is 9.79. The van der Waals surface area contributed by atoms with Crippen molar-refractivity contribution in [1.82, 2.24) is 4.72 Å². The first kappa shape index (κ1) is 18.0. The van der Waals surface area contributed by atoms with E-state index in [0.29, 0.717) is 19.1 Å². The quantitative estimate of drug-likeness (QED) is 0.532. The fraction of sp³-hybridized carbons (Fsp3) is 0.933. The fourth-order valence-electron chi connectivity index (χ4n) is 2.80. The Bertz CT molecular complexity index is 365. The number of rotatable bonds is 8. The minimum Gasteiger partial charge on any atom is -0.390 e. The molecule has 1 atom stereocenters. The molecule has 0 aromatic carbocycles. The van der Waals surface area contributed by atoms with Crippen LogP contribution in [-0.2, 0) is 14.4 Å². The lowest BCUT2D eigenvalue weighted by Crippen LogP contribution is -2.41. The molecule has 1 aliphatic carbocycles. The molecule has 120 valence electrons. The topological polar surface area (TPSA) is 58.6 Å². The SMILES string of the molecule is C=S(=O)(NCCOCCC)C1CCC(C(C)(C)O)CC1. The van der Waals surface area contributed by atoms with Gasteiger partial charge in [-0.3, -0.25) is 4.21 Å². The van der Waals surface area contributed by atoms with Crippen molar-refractivity contribution in [2.24, 2.45) is 5.92 Å². The molecule has 20 heavy (non-hydrogen) atoms. The Balaban J connectivity index is 2.35. The molecular weight excluding hydrogens is 274 g/mol. The maximum Gasteiger partial charge on any atom is 0.0619 e. The Kier molecular flexibility index (Phi) is 6.98. The standard InChI is InChI=1S/C15H31NO3S/c1-5-11-19-12-10-16-20(4,18)14-8-6-13(7-9-14)15(2,3)17/h13-14,17H,4-12H2,1-3H3,(H,16,18). The molecule has 0 heterocycles. The molecule has 1 fully saturated rings. The van der Waals surface area contributed by atoms with Crippen LogP contribution in [-0.4, -0.2) is 45.8 Å². The molecule has 0 radical (unpaired) electrons. The summed E-state index contributed by atoms with van der Waals surface area (Å²) in [6.45, 7) is 7.72. The lowest BCUT2D eigenvalue weighted by Gasteiger charge is -2.36. The highest BCUT2D eigenvalue weighted by Crippen LogP contribution is 2.34. The van der Waals surface area contributed by atoms with E-state index in [-0.39, 0.29) is 5.25 Å². The molecule has 0 aromatic heterocycles. The Morgan fingerprint density at radius 3 is 2.40 bits per heavy atom.